The molecule has 5 heteroatoms. The van der Waals surface area contributed by atoms with Gasteiger partial charge in [0.2, 0.25) is 5.91 Å². The number of hydrogen-bond donors (Lipinski definition) is 0. The Hall–Kier alpha value is -1.22. The van der Waals surface area contributed by atoms with Crippen LogP contribution in [0.3, 0.4) is 0 Å². The fourth-order valence-electron chi connectivity index (χ4n) is 2.11. The van der Waals surface area contributed by atoms with Gasteiger partial charge < -0.3 is 4.90 Å². The van der Waals surface area contributed by atoms with E-state index in [1.807, 2.05) is 4.90 Å². The van der Waals surface area contributed by atoms with E-state index in [1.165, 1.54) is 6.42 Å². The molecule has 1 aliphatic heterocycles. The van der Waals surface area contributed by atoms with Crippen LogP contribution < -0.4 is 0 Å². The Bertz CT molecular complexity index is 273. The SMILES string of the molecule is CCC1CCC(=O)N(CCCN=[N+]=[N-])CC1. The fourth-order valence-corrected chi connectivity index (χ4v) is 2.11. The number of carbonyl (C=O) groups excluding carboxylic acids is 1. The normalized spacial score (nSPS) is 21.4. The van der Waals surface area contributed by atoms with Crippen LogP contribution in [0.25, 0.3) is 10.4 Å². The first-order valence-corrected chi connectivity index (χ1v) is 6.06. The lowest BCUT2D eigenvalue weighted by atomic mass is 9.98. The maximum Gasteiger partial charge on any atom is 0.222 e. The molecule has 5 nitrogen and oxygen atoms in total. The van der Waals surface area contributed by atoms with Crippen molar-refractivity contribution in [3.63, 3.8) is 0 Å². The zero-order valence-electron chi connectivity index (χ0n) is 9.93. The first kappa shape index (κ1) is 12.8. The molecule has 0 aromatic heterocycles. The van der Waals surface area contributed by atoms with Crippen LogP contribution in [0.5, 0.6) is 0 Å². The van der Waals surface area contributed by atoms with Gasteiger partial charge >= 0.3 is 0 Å². The van der Waals surface area contributed by atoms with Crippen LogP contribution in [0.1, 0.15) is 39.0 Å². The second kappa shape index (κ2) is 7.12. The second-order valence-electron chi connectivity index (χ2n) is 4.29. The van der Waals surface area contributed by atoms with E-state index in [4.69, 9.17) is 5.53 Å². The first-order valence-electron chi connectivity index (χ1n) is 6.06. The summed E-state index contributed by atoms with van der Waals surface area (Å²) < 4.78 is 0. The average molecular weight is 224 g/mol. The predicted molar refractivity (Wildman–Crippen MR) is 62.8 cm³/mol. The molecule has 0 aromatic rings. The minimum atomic E-state index is 0.261. The summed E-state index contributed by atoms with van der Waals surface area (Å²) >= 11 is 0. The molecule has 1 atom stereocenters. The molecule has 0 aliphatic carbocycles. The standard InChI is InChI=1S/C11H20N4O/c1-2-10-4-5-11(16)15(9-6-10)8-3-7-13-14-12/h10H,2-9H2,1H3. The molecule has 1 rings (SSSR count). The van der Waals surface area contributed by atoms with Gasteiger partial charge in [-0.15, -0.1) is 0 Å². The monoisotopic (exact) mass is 224 g/mol. The molecule has 1 saturated heterocycles. The van der Waals surface area contributed by atoms with Gasteiger partial charge in [-0.05, 0) is 30.7 Å². The lowest BCUT2D eigenvalue weighted by Gasteiger charge is -2.20. The summed E-state index contributed by atoms with van der Waals surface area (Å²) in [6.45, 7) is 4.27. The number of azide groups is 1. The topological polar surface area (TPSA) is 69.1 Å². The summed E-state index contributed by atoms with van der Waals surface area (Å²) in [5.41, 5.74) is 8.14. The highest BCUT2D eigenvalue weighted by Crippen LogP contribution is 2.20. The van der Waals surface area contributed by atoms with Crippen molar-refractivity contribution in [2.45, 2.75) is 39.0 Å². The van der Waals surface area contributed by atoms with Crippen LogP contribution in [0.4, 0.5) is 0 Å². The van der Waals surface area contributed by atoms with Gasteiger partial charge in [0.1, 0.15) is 0 Å². The van der Waals surface area contributed by atoms with Crippen LogP contribution in [0.2, 0.25) is 0 Å². The summed E-state index contributed by atoms with van der Waals surface area (Å²) in [5, 5.41) is 3.48. The Labute approximate surface area is 96.4 Å². The molecule has 1 fully saturated rings. The minimum Gasteiger partial charge on any atom is -0.343 e. The minimum absolute atomic E-state index is 0.261. The van der Waals surface area contributed by atoms with E-state index in [1.54, 1.807) is 0 Å². The second-order valence-corrected chi connectivity index (χ2v) is 4.29. The molecule has 1 heterocycles. The van der Waals surface area contributed by atoms with Gasteiger partial charge in [0.05, 0.1) is 0 Å². The Morgan fingerprint density at radius 1 is 1.56 bits per heavy atom. The summed E-state index contributed by atoms with van der Waals surface area (Å²) in [5.74, 6) is 0.961. The summed E-state index contributed by atoms with van der Waals surface area (Å²) in [6, 6.07) is 0. The van der Waals surface area contributed by atoms with E-state index in [9.17, 15) is 4.79 Å². The van der Waals surface area contributed by atoms with Gasteiger partial charge in [0, 0.05) is 31.0 Å². The fraction of sp³-hybridized carbons (Fsp3) is 0.909. The van der Waals surface area contributed by atoms with Crippen LogP contribution in [-0.2, 0) is 4.79 Å². The number of rotatable bonds is 5. The van der Waals surface area contributed by atoms with E-state index >= 15 is 0 Å². The molecule has 0 saturated carbocycles. The van der Waals surface area contributed by atoms with Crippen molar-refractivity contribution in [2.75, 3.05) is 19.6 Å². The summed E-state index contributed by atoms with van der Waals surface area (Å²) in [4.78, 5) is 16.4. The van der Waals surface area contributed by atoms with Crippen molar-refractivity contribution in [1.29, 1.82) is 0 Å². The highest BCUT2D eigenvalue weighted by atomic mass is 16.2. The zero-order chi connectivity index (χ0) is 11.8. The van der Waals surface area contributed by atoms with Crippen molar-refractivity contribution in [2.24, 2.45) is 11.0 Å². The van der Waals surface area contributed by atoms with Gasteiger partial charge in [0.15, 0.2) is 0 Å². The lowest BCUT2D eigenvalue weighted by molar-refractivity contribution is -0.130. The van der Waals surface area contributed by atoms with Crippen molar-refractivity contribution in [3.05, 3.63) is 10.4 Å². The zero-order valence-corrected chi connectivity index (χ0v) is 9.93. The van der Waals surface area contributed by atoms with Crippen molar-refractivity contribution < 1.29 is 4.79 Å². The van der Waals surface area contributed by atoms with Crippen LogP contribution in [0, 0.1) is 5.92 Å². The van der Waals surface area contributed by atoms with E-state index in [2.05, 4.69) is 16.9 Å². The number of amides is 1. The third-order valence-corrected chi connectivity index (χ3v) is 3.25. The molecule has 16 heavy (non-hydrogen) atoms. The molecule has 1 aliphatic rings. The van der Waals surface area contributed by atoms with E-state index in [0.717, 1.165) is 32.4 Å². The van der Waals surface area contributed by atoms with Crippen molar-refractivity contribution in [3.8, 4) is 0 Å². The van der Waals surface area contributed by atoms with Crippen LogP contribution in [0.15, 0.2) is 5.11 Å². The molecular weight excluding hydrogens is 204 g/mol. The summed E-state index contributed by atoms with van der Waals surface area (Å²) in [7, 11) is 0. The molecule has 1 unspecified atom stereocenters. The summed E-state index contributed by atoms with van der Waals surface area (Å²) in [6.07, 6.45) is 4.76. The Morgan fingerprint density at radius 2 is 2.38 bits per heavy atom. The molecule has 0 radical (unpaired) electrons. The largest absolute Gasteiger partial charge is 0.343 e. The quantitative estimate of drug-likeness (QED) is 0.306. The molecule has 0 spiro atoms. The number of likely N-dealkylation sites (tertiary alicyclic amines) is 1. The van der Waals surface area contributed by atoms with Gasteiger partial charge in [0.25, 0.3) is 0 Å². The van der Waals surface area contributed by atoms with Crippen molar-refractivity contribution in [1.82, 2.24) is 4.90 Å². The molecule has 0 N–H and O–H groups in total. The Morgan fingerprint density at radius 3 is 3.06 bits per heavy atom. The lowest BCUT2D eigenvalue weighted by Crippen LogP contribution is -2.31. The van der Waals surface area contributed by atoms with Gasteiger partial charge in [-0.2, -0.15) is 0 Å². The van der Waals surface area contributed by atoms with Gasteiger partial charge in [-0.1, -0.05) is 18.5 Å². The highest BCUT2D eigenvalue weighted by molar-refractivity contribution is 5.76. The third-order valence-electron chi connectivity index (χ3n) is 3.25. The molecule has 0 aromatic carbocycles. The van der Waals surface area contributed by atoms with E-state index in [-0.39, 0.29) is 5.91 Å². The van der Waals surface area contributed by atoms with Gasteiger partial charge in [-0.3, -0.25) is 4.79 Å². The highest BCUT2D eigenvalue weighted by Gasteiger charge is 2.20. The molecule has 0 bridgehead atoms. The molecule has 90 valence electrons. The first-order chi connectivity index (χ1) is 7.77. The third kappa shape index (κ3) is 4.11. The smallest absolute Gasteiger partial charge is 0.222 e. The molecule has 1 amide bonds. The maximum absolute atomic E-state index is 11.8. The van der Waals surface area contributed by atoms with Crippen LogP contribution >= 0.6 is 0 Å². The molecular formula is C11H20N4O. The predicted octanol–water partition coefficient (Wildman–Crippen LogP) is 2.73. The number of hydrogen-bond acceptors (Lipinski definition) is 2. The van der Waals surface area contributed by atoms with E-state index < -0.39 is 0 Å². The van der Waals surface area contributed by atoms with Gasteiger partial charge in [-0.25, -0.2) is 0 Å². The van der Waals surface area contributed by atoms with Crippen LogP contribution in [-0.4, -0.2) is 30.4 Å². The maximum atomic E-state index is 11.8. The van der Waals surface area contributed by atoms with E-state index in [0.29, 0.717) is 18.9 Å². The average Bonchev–Trinajstić information content (AvgIpc) is 2.47. The Kier molecular flexibility index (Phi) is 5.72. The number of nitrogens with zero attached hydrogens (tertiary/aromatic N) is 4. The number of carbonyl (C=O) groups is 1. The van der Waals surface area contributed by atoms with Crippen molar-refractivity contribution >= 4 is 5.91 Å². The Balaban J connectivity index is 2.34.